The smallest absolute Gasteiger partial charge is 0.248 e. The van der Waals surface area contributed by atoms with Gasteiger partial charge in [0.05, 0.1) is 10.2 Å². The molecular formula is C16H10F2N2OS. The van der Waals surface area contributed by atoms with Gasteiger partial charge in [0.1, 0.15) is 22.3 Å². The summed E-state index contributed by atoms with van der Waals surface area (Å²) in [5.74, 6) is -2.26. The second-order valence-electron chi connectivity index (χ2n) is 4.44. The van der Waals surface area contributed by atoms with Gasteiger partial charge in [-0.25, -0.2) is 13.8 Å². The van der Waals surface area contributed by atoms with Crippen molar-refractivity contribution in [3.8, 4) is 0 Å². The molecule has 6 heteroatoms. The van der Waals surface area contributed by atoms with Crippen LogP contribution in [-0.4, -0.2) is 10.9 Å². The van der Waals surface area contributed by atoms with Gasteiger partial charge in [-0.1, -0.05) is 18.2 Å². The van der Waals surface area contributed by atoms with E-state index in [9.17, 15) is 13.6 Å². The van der Waals surface area contributed by atoms with E-state index >= 15 is 0 Å². The zero-order chi connectivity index (χ0) is 15.5. The molecule has 0 atom stereocenters. The van der Waals surface area contributed by atoms with Crippen molar-refractivity contribution < 1.29 is 13.6 Å². The summed E-state index contributed by atoms with van der Waals surface area (Å²) in [6.07, 6.45) is 2.71. The van der Waals surface area contributed by atoms with E-state index in [4.69, 9.17) is 0 Å². The summed E-state index contributed by atoms with van der Waals surface area (Å²) in [6.45, 7) is 0. The predicted octanol–water partition coefficient (Wildman–Crippen LogP) is 4.23. The first-order valence-corrected chi connectivity index (χ1v) is 7.24. The number of fused-ring (bicyclic) bond motifs is 1. The minimum Gasteiger partial charge on any atom is -0.318 e. The number of aromatic nitrogens is 1. The third-order valence-corrected chi connectivity index (χ3v) is 3.90. The number of halogens is 2. The molecule has 0 saturated carbocycles. The summed E-state index contributed by atoms with van der Waals surface area (Å²) >= 11 is 1.43. The van der Waals surface area contributed by atoms with Crippen molar-refractivity contribution in [3.05, 3.63) is 65.2 Å². The Morgan fingerprint density at radius 3 is 2.55 bits per heavy atom. The number of rotatable bonds is 3. The van der Waals surface area contributed by atoms with Crippen LogP contribution in [0.25, 0.3) is 16.3 Å². The lowest BCUT2D eigenvalue weighted by Gasteiger charge is -2.04. The molecule has 1 aromatic heterocycles. The molecule has 22 heavy (non-hydrogen) atoms. The quantitative estimate of drug-likeness (QED) is 0.735. The van der Waals surface area contributed by atoms with Gasteiger partial charge in [-0.15, -0.1) is 11.3 Å². The zero-order valence-electron chi connectivity index (χ0n) is 11.2. The number of anilines is 1. The molecule has 0 unspecified atom stereocenters. The van der Waals surface area contributed by atoms with Gasteiger partial charge in [0, 0.05) is 6.08 Å². The van der Waals surface area contributed by atoms with Crippen LogP contribution in [0.15, 0.2) is 48.5 Å². The van der Waals surface area contributed by atoms with Crippen LogP contribution in [0, 0.1) is 11.6 Å². The monoisotopic (exact) mass is 316 g/mol. The van der Waals surface area contributed by atoms with Crippen LogP contribution in [-0.2, 0) is 4.79 Å². The molecule has 1 heterocycles. The molecule has 0 aliphatic rings. The van der Waals surface area contributed by atoms with E-state index in [0.29, 0.717) is 5.01 Å². The summed E-state index contributed by atoms with van der Waals surface area (Å²) < 4.78 is 27.9. The van der Waals surface area contributed by atoms with E-state index in [-0.39, 0.29) is 0 Å². The molecule has 0 aliphatic heterocycles. The van der Waals surface area contributed by atoms with Crippen molar-refractivity contribution in [1.29, 1.82) is 0 Å². The van der Waals surface area contributed by atoms with Crippen molar-refractivity contribution in [2.45, 2.75) is 0 Å². The number of hydrogen-bond donors (Lipinski definition) is 1. The first kappa shape index (κ1) is 14.3. The second kappa shape index (κ2) is 6.03. The highest BCUT2D eigenvalue weighted by molar-refractivity contribution is 7.19. The zero-order valence-corrected chi connectivity index (χ0v) is 12.0. The van der Waals surface area contributed by atoms with Crippen LogP contribution in [0.3, 0.4) is 0 Å². The Hall–Kier alpha value is -2.60. The average molecular weight is 316 g/mol. The first-order chi connectivity index (χ1) is 10.6. The van der Waals surface area contributed by atoms with E-state index in [1.54, 1.807) is 0 Å². The van der Waals surface area contributed by atoms with Gasteiger partial charge in [-0.3, -0.25) is 4.79 Å². The number of nitrogens with zero attached hydrogens (tertiary/aromatic N) is 1. The molecule has 1 amide bonds. The molecule has 0 fully saturated rings. The summed E-state index contributed by atoms with van der Waals surface area (Å²) in [7, 11) is 0. The molecule has 3 aromatic rings. The highest BCUT2D eigenvalue weighted by Crippen LogP contribution is 2.22. The van der Waals surface area contributed by atoms with Crippen LogP contribution < -0.4 is 5.32 Å². The lowest BCUT2D eigenvalue weighted by molar-refractivity contribution is -0.111. The molecule has 1 N–H and O–H groups in total. The van der Waals surface area contributed by atoms with Gasteiger partial charge in [-0.05, 0) is 30.3 Å². The number of nitrogens with one attached hydrogen (secondary N) is 1. The highest BCUT2D eigenvalue weighted by atomic mass is 32.1. The summed E-state index contributed by atoms with van der Waals surface area (Å²) in [5.41, 5.74) is 0.383. The number of carbonyl (C=O) groups is 1. The fourth-order valence-corrected chi connectivity index (χ4v) is 2.76. The maximum Gasteiger partial charge on any atom is 0.248 e. The Morgan fingerprint density at radius 2 is 1.82 bits per heavy atom. The number of amides is 1. The summed E-state index contributed by atoms with van der Waals surface area (Å²) in [6, 6.07) is 11.0. The van der Waals surface area contributed by atoms with Gasteiger partial charge >= 0.3 is 0 Å². The van der Waals surface area contributed by atoms with Crippen LogP contribution in [0.2, 0.25) is 0 Å². The van der Waals surface area contributed by atoms with Crippen molar-refractivity contribution in [3.63, 3.8) is 0 Å². The molecule has 3 rings (SSSR count). The normalized spacial score (nSPS) is 11.2. The Kier molecular flexibility index (Phi) is 3.93. The molecule has 0 spiro atoms. The first-order valence-electron chi connectivity index (χ1n) is 6.42. The topological polar surface area (TPSA) is 42.0 Å². The molecule has 110 valence electrons. The maximum atomic E-state index is 13.4. The fourth-order valence-electron chi connectivity index (χ4n) is 1.89. The third kappa shape index (κ3) is 3.01. The number of hydrogen-bond acceptors (Lipinski definition) is 3. The molecule has 0 bridgehead atoms. The Bertz CT molecular complexity index is 820. The molecule has 0 aliphatic carbocycles. The van der Waals surface area contributed by atoms with Gasteiger partial charge in [-0.2, -0.15) is 0 Å². The average Bonchev–Trinajstić information content (AvgIpc) is 2.92. The molecular weight excluding hydrogens is 306 g/mol. The third-order valence-electron chi connectivity index (χ3n) is 2.90. The van der Waals surface area contributed by atoms with Crippen LogP contribution in [0.5, 0.6) is 0 Å². The highest BCUT2D eigenvalue weighted by Gasteiger charge is 2.10. The Morgan fingerprint density at radius 1 is 1.09 bits per heavy atom. The Balaban J connectivity index is 1.76. The SMILES string of the molecule is O=C(/C=C/c1nc2ccccc2s1)Nc1c(F)cccc1F. The number of para-hydroxylation sites is 2. The molecule has 3 nitrogen and oxygen atoms in total. The van der Waals surface area contributed by atoms with Crippen LogP contribution in [0.1, 0.15) is 5.01 Å². The molecule has 0 radical (unpaired) electrons. The molecule has 0 saturated heterocycles. The standard InChI is InChI=1S/C16H10F2N2OS/c17-10-4-3-5-11(18)16(10)20-14(21)8-9-15-19-12-6-1-2-7-13(12)22-15/h1-9H,(H,20,21)/b9-8+. The fraction of sp³-hybridized carbons (Fsp3) is 0. The van der Waals surface area contributed by atoms with Gasteiger partial charge < -0.3 is 5.32 Å². The Labute approximate surface area is 128 Å². The van der Waals surface area contributed by atoms with E-state index in [2.05, 4.69) is 10.3 Å². The van der Waals surface area contributed by atoms with Crippen LogP contribution in [0.4, 0.5) is 14.5 Å². The largest absolute Gasteiger partial charge is 0.318 e. The van der Waals surface area contributed by atoms with Crippen LogP contribution >= 0.6 is 11.3 Å². The number of carbonyl (C=O) groups excluding carboxylic acids is 1. The molecule has 2 aromatic carbocycles. The maximum absolute atomic E-state index is 13.4. The van der Waals surface area contributed by atoms with E-state index in [1.165, 1.54) is 29.6 Å². The second-order valence-corrected chi connectivity index (χ2v) is 5.50. The lowest BCUT2D eigenvalue weighted by atomic mass is 10.3. The van der Waals surface area contributed by atoms with E-state index in [1.807, 2.05) is 24.3 Å². The lowest BCUT2D eigenvalue weighted by Crippen LogP contribution is -2.10. The summed E-state index contributed by atoms with van der Waals surface area (Å²) in [4.78, 5) is 16.1. The van der Waals surface area contributed by atoms with Crippen molar-refractivity contribution in [2.75, 3.05) is 5.32 Å². The van der Waals surface area contributed by atoms with Crippen molar-refractivity contribution in [1.82, 2.24) is 4.98 Å². The number of thiazole rings is 1. The van der Waals surface area contributed by atoms with E-state index in [0.717, 1.165) is 22.3 Å². The number of benzene rings is 2. The minimum absolute atomic E-state index is 0.457. The summed E-state index contributed by atoms with van der Waals surface area (Å²) in [5, 5.41) is 2.83. The van der Waals surface area contributed by atoms with Crippen molar-refractivity contribution in [2.24, 2.45) is 0 Å². The van der Waals surface area contributed by atoms with Gasteiger partial charge in [0.25, 0.3) is 0 Å². The van der Waals surface area contributed by atoms with E-state index < -0.39 is 23.2 Å². The predicted molar refractivity (Wildman–Crippen MR) is 83.6 cm³/mol. The van der Waals surface area contributed by atoms with Gasteiger partial charge in [0.2, 0.25) is 5.91 Å². The van der Waals surface area contributed by atoms with Gasteiger partial charge in [0.15, 0.2) is 0 Å². The minimum atomic E-state index is -0.818. The van der Waals surface area contributed by atoms with Crippen molar-refractivity contribution >= 4 is 39.2 Å².